The number of hydrazine groups is 1. The molecule has 1 heterocycles. The van der Waals surface area contributed by atoms with E-state index in [1.54, 1.807) is 4.90 Å². The predicted octanol–water partition coefficient (Wildman–Crippen LogP) is 2.51. The molecule has 110 valence electrons. The lowest BCUT2D eigenvalue weighted by molar-refractivity contribution is 0.0670. The number of likely N-dealkylation sites (tertiary alicyclic amines) is 1. The van der Waals surface area contributed by atoms with Crippen molar-refractivity contribution in [2.75, 3.05) is 18.5 Å². The number of amides is 1. The van der Waals surface area contributed by atoms with Crippen LogP contribution < -0.4 is 11.3 Å². The van der Waals surface area contributed by atoms with Crippen molar-refractivity contribution in [3.8, 4) is 0 Å². The third-order valence-electron chi connectivity index (χ3n) is 3.82. The lowest BCUT2D eigenvalue weighted by atomic mass is 9.95. The maximum atomic E-state index is 13.6. The minimum Gasteiger partial charge on any atom is -0.338 e. The molecule has 1 aromatic carbocycles. The number of nitrogens with one attached hydrogen (secondary N) is 1. The summed E-state index contributed by atoms with van der Waals surface area (Å²) >= 11 is 0. The fraction of sp³-hybridized carbons (Fsp3) is 0.500. The molecule has 1 atom stereocenters. The zero-order chi connectivity index (χ0) is 14.7. The number of halogens is 2. The Kier molecular flexibility index (Phi) is 4.54. The molecule has 0 radical (unpaired) electrons. The number of rotatable bonds is 3. The summed E-state index contributed by atoms with van der Waals surface area (Å²) in [4.78, 5) is 14.0. The quantitative estimate of drug-likeness (QED) is 0.662. The number of nitrogen functional groups attached to an aromatic ring is 1. The molecule has 1 unspecified atom stereocenters. The Bertz CT molecular complexity index is 484. The molecular weight excluding hydrogens is 264 g/mol. The van der Waals surface area contributed by atoms with E-state index in [0.717, 1.165) is 31.4 Å². The fourth-order valence-corrected chi connectivity index (χ4v) is 2.60. The van der Waals surface area contributed by atoms with Crippen molar-refractivity contribution in [1.29, 1.82) is 0 Å². The average Bonchev–Trinajstić information content (AvgIpc) is 2.46. The second-order valence-electron chi connectivity index (χ2n) is 5.13. The zero-order valence-corrected chi connectivity index (χ0v) is 11.5. The minimum absolute atomic E-state index is 0.0238. The first kappa shape index (κ1) is 14.7. The molecule has 1 aliphatic rings. The first-order valence-electron chi connectivity index (χ1n) is 6.81. The predicted molar refractivity (Wildman–Crippen MR) is 73.1 cm³/mol. The molecule has 2 rings (SSSR count). The average molecular weight is 283 g/mol. The molecule has 20 heavy (non-hydrogen) atoms. The number of carbonyl (C=O) groups is 1. The summed E-state index contributed by atoms with van der Waals surface area (Å²) in [5, 5.41) is 0. The van der Waals surface area contributed by atoms with E-state index in [1.807, 2.05) is 5.43 Å². The van der Waals surface area contributed by atoms with E-state index in [1.165, 1.54) is 0 Å². The van der Waals surface area contributed by atoms with Crippen LogP contribution in [0.25, 0.3) is 0 Å². The van der Waals surface area contributed by atoms with Gasteiger partial charge < -0.3 is 10.3 Å². The second-order valence-corrected chi connectivity index (χ2v) is 5.13. The third-order valence-corrected chi connectivity index (χ3v) is 3.82. The van der Waals surface area contributed by atoms with Crippen LogP contribution in [0.5, 0.6) is 0 Å². The van der Waals surface area contributed by atoms with Gasteiger partial charge in [-0.3, -0.25) is 10.6 Å². The molecule has 1 aromatic rings. The highest BCUT2D eigenvalue weighted by Gasteiger charge is 2.25. The molecular formula is C14H19F2N3O. The van der Waals surface area contributed by atoms with Crippen molar-refractivity contribution in [2.24, 2.45) is 11.8 Å². The number of hydrogen-bond acceptors (Lipinski definition) is 3. The van der Waals surface area contributed by atoms with Crippen molar-refractivity contribution < 1.29 is 13.6 Å². The van der Waals surface area contributed by atoms with Crippen molar-refractivity contribution in [3.05, 3.63) is 29.3 Å². The first-order valence-corrected chi connectivity index (χ1v) is 6.81. The number of anilines is 1. The van der Waals surface area contributed by atoms with Gasteiger partial charge in [0.15, 0.2) is 11.6 Å². The molecule has 1 amide bonds. The fourth-order valence-electron chi connectivity index (χ4n) is 2.60. The largest absolute Gasteiger partial charge is 0.338 e. The van der Waals surface area contributed by atoms with Gasteiger partial charge >= 0.3 is 0 Å². The van der Waals surface area contributed by atoms with Crippen molar-refractivity contribution in [2.45, 2.75) is 26.2 Å². The van der Waals surface area contributed by atoms with E-state index in [-0.39, 0.29) is 11.5 Å². The molecule has 0 aromatic heterocycles. The van der Waals surface area contributed by atoms with E-state index in [9.17, 15) is 13.6 Å². The molecule has 0 bridgehead atoms. The van der Waals surface area contributed by atoms with Crippen LogP contribution in [-0.4, -0.2) is 23.9 Å². The van der Waals surface area contributed by atoms with Gasteiger partial charge in [0.1, 0.15) is 5.69 Å². The van der Waals surface area contributed by atoms with Crippen LogP contribution in [0.2, 0.25) is 0 Å². The van der Waals surface area contributed by atoms with E-state index in [2.05, 4.69) is 6.92 Å². The lowest BCUT2D eigenvalue weighted by Crippen LogP contribution is -2.39. The monoisotopic (exact) mass is 283 g/mol. The molecule has 6 heteroatoms. The van der Waals surface area contributed by atoms with Gasteiger partial charge in [-0.1, -0.05) is 13.3 Å². The number of hydrogen-bond donors (Lipinski definition) is 2. The summed E-state index contributed by atoms with van der Waals surface area (Å²) in [5.74, 6) is 3.44. The van der Waals surface area contributed by atoms with E-state index < -0.39 is 17.3 Å². The number of piperidine rings is 1. The van der Waals surface area contributed by atoms with Crippen LogP contribution >= 0.6 is 0 Å². The number of nitrogens with zero attached hydrogens (tertiary/aromatic N) is 1. The summed E-state index contributed by atoms with van der Waals surface area (Å²) in [6, 6.07) is 2.05. The summed E-state index contributed by atoms with van der Waals surface area (Å²) < 4.78 is 27.3. The molecule has 1 saturated heterocycles. The van der Waals surface area contributed by atoms with Gasteiger partial charge in [0.25, 0.3) is 5.91 Å². The van der Waals surface area contributed by atoms with Crippen molar-refractivity contribution >= 4 is 11.6 Å². The molecule has 3 N–H and O–H groups in total. The Morgan fingerprint density at radius 3 is 2.65 bits per heavy atom. The summed E-state index contributed by atoms with van der Waals surface area (Å²) in [6.07, 6.45) is 3.03. The molecule has 1 aliphatic heterocycles. The number of benzene rings is 1. The molecule has 0 aliphatic carbocycles. The third kappa shape index (κ3) is 2.90. The molecule has 0 spiro atoms. The van der Waals surface area contributed by atoms with Gasteiger partial charge in [-0.25, -0.2) is 8.78 Å². The first-order chi connectivity index (χ1) is 9.56. The Labute approximate surface area is 116 Å². The standard InChI is InChI=1S/C14H19F2N3O/c1-2-9-4-3-5-19(8-9)14(20)10-6-11(15)13(18-17)12(16)7-10/h6-7,9,18H,2-5,8,17H2,1H3. The Hall–Kier alpha value is -1.69. The highest BCUT2D eigenvalue weighted by atomic mass is 19.1. The maximum Gasteiger partial charge on any atom is 0.254 e. The number of nitrogens with two attached hydrogens (primary N) is 1. The van der Waals surface area contributed by atoms with Crippen LogP contribution in [0.1, 0.15) is 36.5 Å². The Morgan fingerprint density at radius 1 is 1.45 bits per heavy atom. The lowest BCUT2D eigenvalue weighted by Gasteiger charge is -2.32. The minimum atomic E-state index is -0.861. The summed E-state index contributed by atoms with van der Waals surface area (Å²) in [6.45, 7) is 3.37. The Morgan fingerprint density at radius 2 is 2.10 bits per heavy atom. The van der Waals surface area contributed by atoms with Crippen LogP contribution in [0, 0.1) is 17.6 Å². The van der Waals surface area contributed by atoms with Gasteiger partial charge in [-0.2, -0.15) is 0 Å². The van der Waals surface area contributed by atoms with Gasteiger partial charge in [0.05, 0.1) is 0 Å². The van der Waals surface area contributed by atoms with Crippen LogP contribution in [0.3, 0.4) is 0 Å². The van der Waals surface area contributed by atoms with E-state index >= 15 is 0 Å². The van der Waals surface area contributed by atoms with Gasteiger partial charge in [-0.15, -0.1) is 0 Å². The normalized spacial score (nSPS) is 19.0. The second kappa shape index (κ2) is 6.17. The highest BCUT2D eigenvalue weighted by Crippen LogP contribution is 2.24. The molecule has 1 fully saturated rings. The molecule has 4 nitrogen and oxygen atoms in total. The highest BCUT2D eigenvalue weighted by molar-refractivity contribution is 5.94. The summed E-state index contributed by atoms with van der Waals surface area (Å²) in [5.41, 5.74) is 1.55. The summed E-state index contributed by atoms with van der Waals surface area (Å²) in [7, 11) is 0. The van der Waals surface area contributed by atoms with Crippen LogP contribution in [-0.2, 0) is 0 Å². The SMILES string of the molecule is CCC1CCCN(C(=O)c2cc(F)c(NN)c(F)c2)C1. The maximum absolute atomic E-state index is 13.6. The van der Waals surface area contributed by atoms with Gasteiger partial charge in [0, 0.05) is 18.7 Å². The van der Waals surface area contributed by atoms with Crippen molar-refractivity contribution in [1.82, 2.24) is 4.90 Å². The Balaban J connectivity index is 2.21. The number of carbonyl (C=O) groups excluding carboxylic acids is 1. The van der Waals surface area contributed by atoms with Gasteiger partial charge in [0.2, 0.25) is 0 Å². The topological polar surface area (TPSA) is 58.4 Å². The van der Waals surface area contributed by atoms with Gasteiger partial charge in [-0.05, 0) is 30.9 Å². The van der Waals surface area contributed by atoms with Crippen LogP contribution in [0.4, 0.5) is 14.5 Å². The van der Waals surface area contributed by atoms with E-state index in [4.69, 9.17) is 5.84 Å². The van der Waals surface area contributed by atoms with Crippen LogP contribution in [0.15, 0.2) is 12.1 Å². The molecule has 0 saturated carbocycles. The smallest absolute Gasteiger partial charge is 0.254 e. The van der Waals surface area contributed by atoms with Crippen molar-refractivity contribution in [3.63, 3.8) is 0 Å². The van der Waals surface area contributed by atoms with E-state index in [0.29, 0.717) is 19.0 Å². The zero-order valence-electron chi connectivity index (χ0n) is 11.5.